The molecule has 0 unspecified atom stereocenters. The van der Waals surface area contributed by atoms with Gasteiger partial charge in [-0.05, 0) is 24.3 Å². The van der Waals surface area contributed by atoms with Gasteiger partial charge in [0, 0.05) is 32.8 Å². The molecule has 0 bridgehead atoms. The zero-order valence-electron chi connectivity index (χ0n) is 25.6. The molecule has 0 fully saturated rings. The van der Waals surface area contributed by atoms with E-state index in [1.54, 1.807) is 0 Å². The molecule has 0 spiro atoms. The Morgan fingerprint density at radius 1 is 0.417 bits per heavy atom. The lowest BCUT2D eigenvalue weighted by Gasteiger charge is -2.11. The molecular formula is C42H25N5O. The Labute approximate surface area is 274 Å². The quantitative estimate of drug-likeness (QED) is 0.197. The fourth-order valence-electron chi connectivity index (χ4n) is 6.90. The molecule has 0 aliphatic heterocycles. The van der Waals surface area contributed by atoms with Gasteiger partial charge in [-0.3, -0.25) is 4.57 Å². The monoisotopic (exact) mass is 615 g/mol. The largest absolute Gasteiger partial charge is 0.437 e. The van der Waals surface area contributed by atoms with Gasteiger partial charge < -0.3 is 4.42 Å². The minimum atomic E-state index is 0.551. The summed E-state index contributed by atoms with van der Waals surface area (Å²) in [5, 5.41) is 4.90. The van der Waals surface area contributed by atoms with Gasteiger partial charge >= 0.3 is 0 Å². The van der Waals surface area contributed by atoms with Crippen molar-refractivity contribution in [1.82, 2.24) is 24.5 Å². The van der Waals surface area contributed by atoms with Crippen LogP contribution in [0.2, 0.25) is 0 Å². The highest BCUT2D eigenvalue weighted by atomic mass is 16.3. The van der Waals surface area contributed by atoms with Gasteiger partial charge in [0.05, 0.1) is 38.7 Å². The number of rotatable bonds is 4. The zero-order valence-corrected chi connectivity index (χ0v) is 25.6. The highest BCUT2D eigenvalue weighted by Gasteiger charge is 2.24. The molecule has 0 N–H and O–H groups in total. The molecule has 0 radical (unpaired) electrons. The van der Waals surface area contributed by atoms with Crippen molar-refractivity contribution in [3.8, 4) is 39.9 Å². The van der Waals surface area contributed by atoms with Crippen LogP contribution in [0.1, 0.15) is 0 Å². The van der Waals surface area contributed by atoms with Crippen molar-refractivity contribution >= 4 is 54.8 Å². The third-order valence-corrected chi connectivity index (χ3v) is 9.05. The Morgan fingerprint density at radius 2 is 1.04 bits per heavy atom. The van der Waals surface area contributed by atoms with Crippen molar-refractivity contribution < 1.29 is 4.42 Å². The average Bonchev–Trinajstić information content (AvgIpc) is 3.71. The van der Waals surface area contributed by atoms with Gasteiger partial charge in [0.15, 0.2) is 5.82 Å². The predicted octanol–water partition coefficient (Wildman–Crippen LogP) is 10.4. The van der Waals surface area contributed by atoms with Crippen LogP contribution in [0.5, 0.6) is 0 Å². The molecule has 0 amide bonds. The van der Waals surface area contributed by atoms with Crippen molar-refractivity contribution in [2.45, 2.75) is 0 Å². The third kappa shape index (κ3) is 3.99. The number of aromatic nitrogens is 5. The summed E-state index contributed by atoms with van der Waals surface area (Å²) in [5.74, 6) is 1.23. The molecule has 0 saturated carbocycles. The smallest absolute Gasteiger partial charge is 0.235 e. The maximum atomic E-state index is 6.81. The third-order valence-electron chi connectivity index (χ3n) is 9.05. The van der Waals surface area contributed by atoms with Gasteiger partial charge in [-0.25, -0.2) is 15.0 Å². The van der Waals surface area contributed by atoms with Crippen LogP contribution in [0.4, 0.5) is 0 Å². The summed E-state index contributed by atoms with van der Waals surface area (Å²) in [6.45, 7) is 0. The van der Waals surface area contributed by atoms with Crippen LogP contribution < -0.4 is 0 Å². The summed E-state index contributed by atoms with van der Waals surface area (Å²) in [6.07, 6.45) is 0. The van der Waals surface area contributed by atoms with Crippen molar-refractivity contribution in [3.63, 3.8) is 0 Å². The van der Waals surface area contributed by atoms with Gasteiger partial charge in [0.25, 0.3) is 0 Å². The van der Waals surface area contributed by atoms with Crippen LogP contribution in [0.25, 0.3) is 94.6 Å². The molecule has 10 rings (SSSR count). The summed E-state index contributed by atoms with van der Waals surface area (Å²) in [7, 11) is 0. The molecule has 6 aromatic carbocycles. The molecule has 48 heavy (non-hydrogen) atoms. The lowest BCUT2D eigenvalue weighted by Crippen LogP contribution is -2.03. The van der Waals surface area contributed by atoms with Gasteiger partial charge in [-0.2, -0.15) is 4.98 Å². The Bertz CT molecular complexity index is 2820. The first-order valence-corrected chi connectivity index (χ1v) is 15.9. The Hall–Kier alpha value is -6.66. The van der Waals surface area contributed by atoms with E-state index in [2.05, 4.69) is 71.3 Å². The Morgan fingerprint density at radius 3 is 1.79 bits per heavy atom. The zero-order chi connectivity index (χ0) is 31.6. The number of benzene rings is 6. The van der Waals surface area contributed by atoms with Crippen molar-refractivity contribution in [1.29, 1.82) is 0 Å². The van der Waals surface area contributed by atoms with Crippen molar-refractivity contribution in [2.75, 3.05) is 0 Å². The summed E-state index contributed by atoms with van der Waals surface area (Å²) in [6, 6.07) is 51.4. The highest BCUT2D eigenvalue weighted by molar-refractivity contribution is 6.25. The topological polar surface area (TPSA) is 69.6 Å². The van der Waals surface area contributed by atoms with Gasteiger partial charge in [-0.15, -0.1) is 0 Å². The van der Waals surface area contributed by atoms with E-state index in [1.165, 1.54) is 0 Å². The van der Waals surface area contributed by atoms with E-state index >= 15 is 0 Å². The molecule has 224 valence electrons. The first kappa shape index (κ1) is 26.5. The summed E-state index contributed by atoms with van der Waals surface area (Å²) in [4.78, 5) is 20.5. The molecular weight excluding hydrogens is 590 g/mol. The fraction of sp³-hybridized carbons (Fsp3) is 0. The van der Waals surface area contributed by atoms with Crippen LogP contribution in [0.3, 0.4) is 0 Å². The van der Waals surface area contributed by atoms with Crippen LogP contribution in [0.15, 0.2) is 156 Å². The molecule has 4 heterocycles. The van der Waals surface area contributed by atoms with Gasteiger partial charge in [-0.1, -0.05) is 127 Å². The second-order valence-corrected chi connectivity index (χ2v) is 11.9. The second kappa shape index (κ2) is 10.4. The van der Waals surface area contributed by atoms with Crippen molar-refractivity contribution in [2.24, 2.45) is 0 Å². The Balaban J connectivity index is 1.31. The molecule has 10 aromatic rings. The Kier molecular flexibility index (Phi) is 5.77. The van der Waals surface area contributed by atoms with E-state index < -0.39 is 0 Å². The lowest BCUT2D eigenvalue weighted by molar-refractivity contribution is 0.657. The minimum Gasteiger partial charge on any atom is -0.437 e. The fourth-order valence-corrected chi connectivity index (χ4v) is 6.90. The normalized spacial score (nSPS) is 11.8. The van der Waals surface area contributed by atoms with E-state index in [4.69, 9.17) is 24.4 Å². The number of hydrogen-bond acceptors (Lipinski definition) is 5. The summed E-state index contributed by atoms with van der Waals surface area (Å²) >= 11 is 0. The predicted molar refractivity (Wildman–Crippen MR) is 193 cm³/mol. The van der Waals surface area contributed by atoms with E-state index in [-0.39, 0.29) is 0 Å². The minimum absolute atomic E-state index is 0.551. The van der Waals surface area contributed by atoms with Gasteiger partial charge in [0.2, 0.25) is 11.7 Å². The highest BCUT2D eigenvalue weighted by Crippen LogP contribution is 2.43. The number of hydrogen-bond donors (Lipinski definition) is 0. The molecule has 0 aliphatic carbocycles. The SMILES string of the molecule is c1ccc(-c2nc(-c3ccccc3)c3c(n2)oc2c3ccc3c2c2ccccc2n3-c2nc(-c3ccccc3)c3ccccc3n2)cc1. The van der Waals surface area contributed by atoms with E-state index in [0.29, 0.717) is 17.5 Å². The number of para-hydroxylation sites is 2. The van der Waals surface area contributed by atoms with Crippen molar-refractivity contribution in [3.05, 3.63) is 152 Å². The van der Waals surface area contributed by atoms with Crippen LogP contribution >= 0.6 is 0 Å². The van der Waals surface area contributed by atoms with Crippen LogP contribution in [-0.4, -0.2) is 24.5 Å². The van der Waals surface area contributed by atoms with E-state index in [1.807, 2.05) is 84.9 Å². The average molecular weight is 616 g/mol. The van der Waals surface area contributed by atoms with E-state index in [9.17, 15) is 0 Å². The number of nitrogens with zero attached hydrogens (tertiary/aromatic N) is 5. The van der Waals surface area contributed by atoms with Crippen LogP contribution in [0, 0.1) is 0 Å². The first-order valence-electron chi connectivity index (χ1n) is 15.9. The molecule has 4 aromatic heterocycles. The van der Waals surface area contributed by atoms with E-state index in [0.717, 1.165) is 77.1 Å². The first-order chi connectivity index (χ1) is 23.8. The standard InChI is InChI=1S/C42H25N5O/c1-4-14-26(15-5-1)37-29-20-10-12-22-32(29)43-42(45-37)47-33-23-13-11-21-30(33)35-34(47)25-24-31-36-38(27-16-6-2-7-17-27)44-40(28-18-8-3-9-19-28)46-41(36)48-39(31)35/h1-25H. The maximum Gasteiger partial charge on any atom is 0.235 e. The molecule has 0 aliphatic rings. The summed E-state index contributed by atoms with van der Waals surface area (Å²) < 4.78 is 8.95. The molecule has 0 saturated heterocycles. The molecule has 6 nitrogen and oxygen atoms in total. The molecule has 6 heteroatoms. The number of fused-ring (bicyclic) bond motifs is 8. The maximum absolute atomic E-state index is 6.81. The second-order valence-electron chi connectivity index (χ2n) is 11.9. The lowest BCUT2D eigenvalue weighted by atomic mass is 10.0. The summed E-state index contributed by atoms with van der Waals surface area (Å²) in [5.41, 5.74) is 8.85. The van der Waals surface area contributed by atoms with Crippen LogP contribution in [-0.2, 0) is 0 Å². The number of furan rings is 1. The van der Waals surface area contributed by atoms with Gasteiger partial charge in [0.1, 0.15) is 5.58 Å². The molecule has 0 atom stereocenters.